The van der Waals surface area contributed by atoms with E-state index in [1.54, 1.807) is 18.3 Å². The highest BCUT2D eigenvalue weighted by atomic mass is 35.5. The minimum atomic E-state index is -0.509. The first-order valence-electron chi connectivity index (χ1n) is 13.7. The molecule has 2 heterocycles. The van der Waals surface area contributed by atoms with Crippen LogP contribution in [0.25, 0.3) is 28.0 Å². The van der Waals surface area contributed by atoms with Gasteiger partial charge in [-0.2, -0.15) is 4.98 Å². The van der Waals surface area contributed by atoms with Crippen LogP contribution in [0.4, 0.5) is 4.39 Å². The fraction of sp³-hybridized carbons (Fsp3) is 0.367. The van der Waals surface area contributed by atoms with E-state index in [-0.39, 0.29) is 23.6 Å². The summed E-state index contributed by atoms with van der Waals surface area (Å²) >= 11 is 6.24. The monoisotopic (exact) mass is 581 g/mol. The van der Waals surface area contributed by atoms with Crippen molar-refractivity contribution in [1.82, 2.24) is 19.9 Å². The molecule has 41 heavy (non-hydrogen) atoms. The topological polar surface area (TPSA) is 147 Å². The van der Waals surface area contributed by atoms with Gasteiger partial charge in [0.2, 0.25) is 0 Å². The second-order valence-corrected chi connectivity index (χ2v) is 11.0. The molecule has 0 aliphatic rings. The number of guanidine groups is 1. The van der Waals surface area contributed by atoms with Gasteiger partial charge in [-0.3, -0.25) is 9.56 Å². The quantitative estimate of drug-likeness (QED) is 0.118. The molecule has 0 bridgehead atoms. The normalized spacial score (nSPS) is 12.2. The number of aryl methyl sites for hydroxylation is 1. The van der Waals surface area contributed by atoms with E-state index >= 15 is 4.39 Å². The zero-order valence-electron chi connectivity index (χ0n) is 23.3. The van der Waals surface area contributed by atoms with Gasteiger partial charge in [0.25, 0.3) is 0 Å². The molecule has 0 saturated heterocycles. The van der Waals surface area contributed by atoms with E-state index < -0.39 is 11.5 Å². The van der Waals surface area contributed by atoms with Gasteiger partial charge in [0.15, 0.2) is 11.8 Å². The number of aromatic amines is 1. The maximum atomic E-state index is 15.1. The van der Waals surface area contributed by atoms with E-state index in [0.29, 0.717) is 53.4 Å². The summed E-state index contributed by atoms with van der Waals surface area (Å²) < 4.78 is 16.5. The third kappa shape index (κ3) is 7.93. The van der Waals surface area contributed by atoms with Gasteiger partial charge >= 0.3 is 5.69 Å². The molecule has 4 rings (SSSR count). The van der Waals surface area contributed by atoms with Crippen LogP contribution in [0.3, 0.4) is 0 Å². The van der Waals surface area contributed by atoms with Crippen molar-refractivity contribution in [2.45, 2.75) is 52.1 Å². The maximum Gasteiger partial charge on any atom is 0.354 e. The van der Waals surface area contributed by atoms with Crippen LogP contribution in [0.5, 0.6) is 0 Å². The minimum Gasteiger partial charge on any atom is -0.395 e. The number of aliphatic hydroxyl groups excluding tert-OH is 1. The molecule has 11 heteroatoms. The van der Waals surface area contributed by atoms with Crippen LogP contribution in [0.1, 0.15) is 44.2 Å². The Morgan fingerprint density at radius 1 is 1.17 bits per heavy atom. The molecule has 7 N–H and O–H groups in total. The summed E-state index contributed by atoms with van der Waals surface area (Å²) in [5.74, 6) is 0.108. The van der Waals surface area contributed by atoms with Crippen LogP contribution < -0.4 is 22.5 Å². The number of aromatic nitrogens is 3. The fourth-order valence-electron chi connectivity index (χ4n) is 4.67. The van der Waals surface area contributed by atoms with Gasteiger partial charge in [-0.15, -0.1) is 0 Å². The van der Waals surface area contributed by atoms with Crippen LogP contribution >= 0.6 is 11.6 Å². The SMILES string of the molecule is CC(C)CCCc1cc(Cl)c(F)c(-c2cc3cn(-c4ccc(CN[C@H](CO)CCN=C(N)N)cc4)c(=O)nc3[nH]2)c1. The Kier molecular flexibility index (Phi) is 10.1. The molecule has 218 valence electrons. The summed E-state index contributed by atoms with van der Waals surface area (Å²) in [6, 6.07) is 12.6. The summed E-state index contributed by atoms with van der Waals surface area (Å²) in [5.41, 5.74) is 14.1. The first-order valence-corrected chi connectivity index (χ1v) is 14.1. The van der Waals surface area contributed by atoms with Gasteiger partial charge in [0.05, 0.1) is 23.0 Å². The number of benzene rings is 2. The van der Waals surface area contributed by atoms with Crippen LogP contribution in [0.2, 0.25) is 5.02 Å². The molecule has 0 amide bonds. The summed E-state index contributed by atoms with van der Waals surface area (Å²) in [5, 5.41) is 13.6. The van der Waals surface area contributed by atoms with Gasteiger partial charge in [0.1, 0.15) is 5.65 Å². The standard InChI is InChI=1S/C30H37ClFN7O2/c1-18(2)4-3-5-20-12-24(27(32)25(31)13-20)26-14-21-16-39(30(41)38-28(21)37-26)23-8-6-19(7-9-23)15-36-22(17-40)10-11-35-29(33)34/h6-9,12-14,16,18,22,36,40H,3-5,10-11,15,17H2,1-2H3,(H4,33,34,35)(H,37,38,41)/t22-/m0/s1. The van der Waals surface area contributed by atoms with Gasteiger partial charge in [0, 0.05) is 36.3 Å². The van der Waals surface area contributed by atoms with E-state index in [1.165, 1.54) is 4.57 Å². The molecule has 0 unspecified atom stereocenters. The van der Waals surface area contributed by atoms with Gasteiger partial charge in [-0.05, 0) is 66.6 Å². The Balaban J connectivity index is 1.52. The van der Waals surface area contributed by atoms with E-state index in [9.17, 15) is 9.90 Å². The number of fused-ring (bicyclic) bond motifs is 1. The molecule has 0 saturated carbocycles. The average Bonchev–Trinajstić information content (AvgIpc) is 3.34. The molecular formula is C30H37ClFN7O2. The Bertz CT molecular complexity index is 1560. The predicted octanol–water partition coefficient (Wildman–Crippen LogP) is 4.27. The van der Waals surface area contributed by atoms with Crippen LogP contribution in [-0.4, -0.2) is 44.8 Å². The number of aliphatic hydroxyl groups is 1. The number of aliphatic imine (C=N–C) groups is 1. The summed E-state index contributed by atoms with van der Waals surface area (Å²) in [7, 11) is 0. The van der Waals surface area contributed by atoms with Crippen molar-refractivity contribution in [3.8, 4) is 16.9 Å². The summed E-state index contributed by atoms with van der Waals surface area (Å²) in [6.07, 6.45) is 5.15. The van der Waals surface area contributed by atoms with Crippen molar-refractivity contribution >= 4 is 28.6 Å². The molecule has 0 aliphatic heterocycles. The Labute approximate surface area is 243 Å². The second-order valence-electron chi connectivity index (χ2n) is 10.6. The van der Waals surface area contributed by atoms with Crippen molar-refractivity contribution in [3.63, 3.8) is 0 Å². The zero-order valence-corrected chi connectivity index (χ0v) is 24.1. The van der Waals surface area contributed by atoms with Crippen molar-refractivity contribution in [2.75, 3.05) is 13.2 Å². The number of hydrogen-bond donors (Lipinski definition) is 5. The number of nitrogens with one attached hydrogen (secondary N) is 2. The lowest BCUT2D eigenvalue weighted by molar-refractivity contribution is 0.236. The number of rotatable bonds is 13. The van der Waals surface area contributed by atoms with Crippen LogP contribution in [-0.2, 0) is 13.0 Å². The number of hydrogen-bond acceptors (Lipinski definition) is 5. The summed E-state index contributed by atoms with van der Waals surface area (Å²) in [4.78, 5) is 24.1. The zero-order chi connectivity index (χ0) is 29.5. The first kappa shape index (κ1) is 30.2. The van der Waals surface area contributed by atoms with Crippen molar-refractivity contribution < 1.29 is 9.50 Å². The molecule has 0 spiro atoms. The van der Waals surface area contributed by atoms with Gasteiger partial charge < -0.3 is 26.9 Å². The third-order valence-corrected chi connectivity index (χ3v) is 7.21. The molecule has 2 aromatic heterocycles. The highest BCUT2D eigenvalue weighted by molar-refractivity contribution is 6.31. The Hall–Kier alpha value is -3.73. The average molecular weight is 582 g/mol. The molecule has 0 fully saturated rings. The molecule has 2 aromatic carbocycles. The van der Waals surface area contributed by atoms with E-state index in [1.807, 2.05) is 30.3 Å². The van der Waals surface area contributed by atoms with Gasteiger partial charge in [-0.25, -0.2) is 9.18 Å². The fourth-order valence-corrected chi connectivity index (χ4v) is 4.91. The predicted molar refractivity (Wildman–Crippen MR) is 163 cm³/mol. The minimum absolute atomic E-state index is 0.0225. The lowest BCUT2D eigenvalue weighted by Gasteiger charge is -2.15. The van der Waals surface area contributed by atoms with Crippen molar-refractivity contribution in [2.24, 2.45) is 22.4 Å². The van der Waals surface area contributed by atoms with E-state index in [4.69, 9.17) is 23.1 Å². The number of halogens is 2. The smallest absolute Gasteiger partial charge is 0.354 e. The molecule has 0 radical (unpaired) electrons. The van der Waals surface area contributed by atoms with Gasteiger partial charge in [-0.1, -0.05) is 44.0 Å². The van der Waals surface area contributed by atoms with E-state index in [2.05, 4.69) is 34.1 Å². The molecule has 4 aromatic rings. The number of H-pyrrole nitrogens is 1. The first-order chi connectivity index (χ1) is 19.6. The highest BCUT2D eigenvalue weighted by Gasteiger charge is 2.16. The van der Waals surface area contributed by atoms with Crippen LogP contribution in [0.15, 0.2) is 58.4 Å². The lowest BCUT2D eigenvalue weighted by atomic mass is 10.00. The van der Waals surface area contributed by atoms with Crippen molar-refractivity contribution in [1.29, 1.82) is 0 Å². The second kappa shape index (κ2) is 13.8. The molecule has 0 aliphatic carbocycles. The van der Waals surface area contributed by atoms with E-state index in [0.717, 1.165) is 30.4 Å². The molecule has 1 atom stereocenters. The number of nitrogens with zero attached hydrogens (tertiary/aromatic N) is 3. The highest BCUT2D eigenvalue weighted by Crippen LogP contribution is 2.31. The summed E-state index contributed by atoms with van der Waals surface area (Å²) in [6.45, 7) is 5.25. The maximum absolute atomic E-state index is 15.1. The van der Waals surface area contributed by atoms with Crippen molar-refractivity contribution in [3.05, 3.63) is 81.1 Å². The van der Waals surface area contributed by atoms with Crippen LogP contribution in [0, 0.1) is 11.7 Å². The number of nitrogens with two attached hydrogens (primary N) is 2. The largest absolute Gasteiger partial charge is 0.395 e. The lowest BCUT2D eigenvalue weighted by Crippen LogP contribution is -2.33. The third-order valence-electron chi connectivity index (χ3n) is 6.93. The molecule has 9 nitrogen and oxygen atoms in total. The Morgan fingerprint density at radius 2 is 1.93 bits per heavy atom. The Morgan fingerprint density at radius 3 is 2.61 bits per heavy atom. The molecular weight excluding hydrogens is 545 g/mol.